The molecule has 2 atom stereocenters. The van der Waals surface area contributed by atoms with Crippen LogP contribution < -0.4 is 5.32 Å². The van der Waals surface area contributed by atoms with Gasteiger partial charge in [-0.25, -0.2) is 0 Å². The summed E-state index contributed by atoms with van der Waals surface area (Å²) in [6.07, 6.45) is 1.97. The molecule has 2 rings (SSSR count). The van der Waals surface area contributed by atoms with Gasteiger partial charge in [-0.3, -0.25) is 0 Å². The van der Waals surface area contributed by atoms with E-state index >= 15 is 0 Å². The Morgan fingerprint density at radius 1 is 1.69 bits per heavy atom. The molecule has 0 aromatic carbocycles. The van der Waals surface area contributed by atoms with Crippen molar-refractivity contribution in [3.05, 3.63) is 21.9 Å². The van der Waals surface area contributed by atoms with E-state index in [4.69, 9.17) is 0 Å². The Labute approximate surface area is 82.6 Å². The second-order valence-electron chi connectivity index (χ2n) is 3.64. The van der Waals surface area contributed by atoms with E-state index < -0.39 is 0 Å². The van der Waals surface area contributed by atoms with Gasteiger partial charge in [0.25, 0.3) is 0 Å². The number of rotatable bonds is 2. The Bertz CT molecular complexity index is 278. The molecule has 0 saturated carbocycles. The number of aryl methyl sites for hydroxylation is 1. The van der Waals surface area contributed by atoms with E-state index in [1.54, 1.807) is 11.3 Å². The molecule has 1 aromatic heterocycles. The van der Waals surface area contributed by atoms with Crippen LogP contribution in [0.4, 0.5) is 0 Å². The van der Waals surface area contributed by atoms with Crippen molar-refractivity contribution in [3.8, 4) is 0 Å². The third-order valence-corrected chi connectivity index (χ3v) is 3.45. The summed E-state index contributed by atoms with van der Waals surface area (Å²) in [4.78, 5) is 1.27. The molecule has 0 radical (unpaired) electrons. The molecule has 0 amide bonds. The quantitative estimate of drug-likeness (QED) is 0.758. The van der Waals surface area contributed by atoms with Crippen molar-refractivity contribution in [3.63, 3.8) is 0 Å². The van der Waals surface area contributed by atoms with Crippen LogP contribution in [-0.2, 0) is 0 Å². The first-order valence-electron chi connectivity index (χ1n) is 4.74. The largest absolute Gasteiger partial charge is 0.387 e. The van der Waals surface area contributed by atoms with E-state index in [2.05, 4.69) is 23.7 Å². The first-order chi connectivity index (χ1) is 6.27. The zero-order valence-electron chi connectivity index (χ0n) is 7.79. The summed E-state index contributed by atoms with van der Waals surface area (Å²) in [6.45, 7) is 3.12. The highest BCUT2D eigenvalue weighted by molar-refractivity contribution is 7.10. The third kappa shape index (κ3) is 1.93. The SMILES string of the molecule is Cc1cc(C(O)C2CCCN2)cs1. The van der Waals surface area contributed by atoms with Gasteiger partial charge in [0.2, 0.25) is 0 Å². The van der Waals surface area contributed by atoms with Gasteiger partial charge in [-0.05, 0) is 43.3 Å². The fraction of sp³-hybridized carbons (Fsp3) is 0.600. The number of hydrogen-bond donors (Lipinski definition) is 2. The summed E-state index contributed by atoms with van der Waals surface area (Å²) >= 11 is 1.70. The molecule has 2 N–H and O–H groups in total. The highest BCUT2D eigenvalue weighted by Crippen LogP contribution is 2.26. The minimum absolute atomic E-state index is 0.272. The smallest absolute Gasteiger partial charge is 0.0951 e. The zero-order chi connectivity index (χ0) is 9.26. The predicted molar refractivity (Wildman–Crippen MR) is 55.0 cm³/mol. The van der Waals surface area contributed by atoms with Gasteiger partial charge in [0.05, 0.1) is 6.10 Å². The molecule has 1 saturated heterocycles. The van der Waals surface area contributed by atoms with Crippen molar-refractivity contribution in [2.45, 2.75) is 31.9 Å². The molecule has 2 heterocycles. The van der Waals surface area contributed by atoms with Crippen LogP contribution in [0, 0.1) is 6.92 Å². The van der Waals surface area contributed by atoms with Crippen molar-refractivity contribution in [1.29, 1.82) is 0 Å². The minimum atomic E-state index is -0.313. The summed E-state index contributed by atoms with van der Waals surface area (Å²) in [5.41, 5.74) is 1.07. The molecule has 13 heavy (non-hydrogen) atoms. The lowest BCUT2D eigenvalue weighted by Crippen LogP contribution is -2.28. The number of aliphatic hydroxyl groups is 1. The van der Waals surface area contributed by atoms with E-state index in [0.717, 1.165) is 18.5 Å². The average Bonchev–Trinajstić information content (AvgIpc) is 2.72. The first kappa shape index (κ1) is 9.19. The van der Waals surface area contributed by atoms with Gasteiger partial charge in [-0.15, -0.1) is 11.3 Å². The topological polar surface area (TPSA) is 32.3 Å². The van der Waals surface area contributed by atoms with Crippen molar-refractivity contribution >= 4 is 11.3 Å². The van der Waals surface area contributed by atoms with Gasteiger partial charge in [0, 0.05) is 10.9 Å². The van der Waals surface area contributed by atoms with Crippen LogP contribution in [0.2, 0.25) is 0 Å². The second-order valence-corrected chi connectivity index (χ2v) is 4.75. The van der Waals surface area contributed by atoms with Gasteiger partial charge in [-0.1, -0.05) is 0 Å². The van der Waals surface area contributed by atoms with Crippen molar-refractivity contribution in [2.24, 2.45) is 0 Å². The molecule has 2 unspecified atom stereocenters. The van der Waals surface area contributed by atoms with E-state index in [1.165, 1.54) is 11.3 Å². The van der Waals surface area contributed by atoms with E-state index in [-0.39, 0.29) is 12.1 Å². The molecule has 72 valence electrons. The molecule has 3 heteroatoms. The predicted octanol–water partition coefficient (Wildman–Crippen LogP) is 1.84. The maximum Gasteiger partial charge on any atom is 0.0951 e. The van der Waals surface area contributed by atoms with Crippen LogP contribution in [-0.4, -0.2) is 17.7 Å². The lowest BCUT2D eigenvalue weighted by Gasteiger charge is -2.16. The van der Waals surface area contributed by atoms with Crippen LogP contribution in [0.1, 0.15) is 29.4 Å². The summed E-state index contributed by atoms with van der Waals surface area (Å²) in [5, 5.41) is 15.4. The highest BCUT2D eigenvalue weighted by Gasteiger charge is 2.24. The van der Waals surface area contributed by atoms with Gasteiger partial charge in [0.1, 0.15) is 0 Å². The second kappa shape index (κ2) is 3.78. The maximum absolute atomic E-state index is 9.98. The summed E-state index contributed by atoms with van der Waals surface area (Å²) in [5.74, 6) is 0. The van der Waals surface area contributed by atoms with E-state index in [1.807, 2.05) is 0 Å². The van der Waals surface area contributed by atoms with Crippen LogP contribution in [0.15, 0.2) is 11.4 Å². The highest BCUT2D eigenvalue weighted by atomic mass is 32.1. The molecule has 1 aromatic rings. The minimum Gasteiger partial charge on any atom is -0.387 e. The van der Waals surface area contributed by atoms with Crippen LogP contribution in [0.3, 0.4) is 0 Å². The summed E-state index contributed by atoms with van der Waals surface area (Å²) < 4.78 is 0. The van der Waals surface area contributed by atoms with Gasteiger partial charge in [-0.2, -0.15) is 0 Å². The fourth-order valence-electron chi connectivity index (χ4n) is 1.83. The Morgan fingerprint density at radius 2 is 2.54 bits per heavy atom. The zero-order valence-corrected chi connectivity index (χ0v) is 8.60. The average molecular weight is 197 g/mol. The molecule has 0 aliphatic carbocycles. The Kier molecular flexibility index (Phi) is 2.67. The normalized spacial score (nSPS) is 24.9. The molecule has 1 aliphatic heterocycles. The number of hydrogen-bond acceptors (Lipinski definition) is 3. The summed E-state index contributed by atoms with van der Waals surface area (Å²) in [6, 6.07) is 2.35. The lowest BCUT2D eigenvalue weighted by molar-refractivity contribution is 0.138. The van der Waals surface area contributed by atoms with Gasteiger partial charge < -0.3 is 10.4 Å². The molecule has 1 aliphatic rings. The van der Waals surface area contributed by atoms with E-state index in [0.29, 0.717) is 0 Å². The Morgan fingerprint density at radius 3 is 3.08 bits per heavy atom. The maximum atomic E-state index is 9.98. The molecule has 1 fully saturated rings. The molecular weight excluding hydrogens is 182 g/mol. The van der Waals surface area contributed by atoms with Crippen LogP contribution in [0.5, 0.6) is 0 Å². The lowest BCUT2D eigenvalue weighted by atomic mass is 10.0. The standard InChI is InChI=1S/C10H15NOS/c1-7-5-8(6-13-7)10(12)9-3-2-4-11-9/h5-6,9-12H,2-4H2,1H3. The van der Waals surface area contributed by atoms with Crippen molar-refractivity contribution in [2.75, 3.05) is 6.54 Å². The van der Waals surface area contributed by atoms with Crippen LogP contribution >= 0.6 is 11.3 Å². The van der Waals surface area contributed by atoms with Crippen molar-refractivity contribution < 1.29 is 5.11 Å². The molecular formula is C10H15NOS. The molecule has 0 spiro atoms. The fourth-order valence-corrected chi connectivity index (χ4v) is 2.57. The van der Waals surface area contributed by atoms with Gasteiger partial charge in [0.15, 0.2) is 0 Å². The number of nitrogens with one attached hydrogen (secondary N) is 1. The van der Waals surface area contributed by atoms with Crippen LogP contribution in [0.25, 0.3) is 0 Å². The monoisotopic (exact) mass is 197 g/mol. The van der Waals surface area contributed by atoms with E-state index in [9.17, 15) is 5.11 Å². The Hall–Kier alpha value is -0.380. The first-order valence-corrected chi connectivity index (χ1v) is 5.62. The molecule has 0 bridgehead atoms. The van der Waals surface area contributed by atoms with Crippen molar-refractivity contribution in [1.82, 2.24) is 5.32 Å². The summed E-state index contributed by atoms with van der Waals surface area (Å²) in [7, 11) is 0. The number of aliphatic hydroxyl groups excluding tert-OH is 1. The number of thiophene rings is 1. The Balaban J connectivity index is 2.07. The van der Waals surface area contributed by atoms with Gasteiger partial charge >= 0.3 is 0 Å². The third-order valence-electron chi connectivity index (χ3n) is 2.57. The molecule has 2 nitrogen and oxygen atoms in total.